The summed E-state index contributed by atoms with van der Waals surface area (Å²) in [6.07, 6.45) is 1.41. The molecule has 0 aromatic heterocycles. The van der Waals surface area contributed by atoms with Gasteiger partial charge in [-0.15, -0.1) is 0 Å². The van der Waals surface area contributed by atoms with Crippen molar-refractivity contribution in [2.24, 2.45) is 5.73 Å². The Bertz CT molecular complexity index is 515. The molecule has 0 spiro atoms. The predicted molar refractivity (Wildman–Crippen MR) is 73.7 cm³/mol. The summed E-state index contributed by atoms with van der Waals surface area (Å²) in [5, 5.41) is 2.81. The summed E-state index contributed by atoms with van der Waals surface area (Å²) in [5.41, 5.74) is 6.33. The number of amides is 3. The van der Waals surface area contributed by atoms with Crippen molar-refractivity contribution in [1.82, 2.24) is 4.90 Å². The summed E-state index contributed by atoms with van der Waals surface area (Å²) < 4.78 is 0. The van der Waals surface area contributed by atoms with Gasteiger partial charge in [0.2, 0.25) is 5.91 Å². The molecule has 1 aliphatic rings. The molecule has 0 radical (unpaired) electrons. The fraction of sp³-hybridized carbons (Fsp3) is 0.429. The molecule has 1 aromatic rings. The molecule has 2 rings (SSSR count). The maximum atomic E-state index is 12.3. The van der Waals surface area contributed by atoms with Crippen molar-refractivity contribution in [3.63, 3.8) is 0 Å². The quantitative estimate of drug-likeness (QED) is 0.852. The summed E-state index contributed by atoms with van der Waals surface area (Å²) in [4.78, 5) is 25.3. The zero-order valence-corrected chi connectivity index (χ0v) is 11.3. The number of aryl methyl sites for hydroxylation is 1. The molecule has 0 bridgehead atoms. The van der Waals surface area contributed by atoms with E-state index in [4.69, 9.17) is 5.73 Å². The van der Waals surface area contributed by atoms with Crippen molar-refractivity contribution in [2.45, 2.75) is 32.2 Å². The molecule has 1 aliphatic heterocycles. The van der Waals surface area contributed by atoms with Gasteiger partial charge in [-0.1, -0.05) is 12.1 Å². The Morgan fingerprint density at radius 3 is 2.79 bits per heavy atom. The fourth-order valence-corrected chi connectivity index (χ4v) is 2.46. The van der Waals surface area contributed by atoms with E-state index in [0.29, 0.717) is 13.0 Å². The first-order chi connectivity index (χ1) is 8.93. The predicted octanol–water partition coefficient (Wildman–Crippen LogP) is 1.87. The molecule has 5 nitrogen and oxygen atoms in total. The van der Waals surface area contributed by atoms with E-state index >= 15 is 0 Å². The van der Waals surface area contributed by atoms with Gasteiger partial charge in [0.1, 0.15) is 5.54 Å². The summed E-state index contributed by atoms with van der Waals surface area (Å²) in [6, 6.07) is 7.27. The maximum absolute atomic E-state index is 12.3. The number of urea groups is 1. The fourth-order valence-electron chi connectivity index (χ4n) is 2.46. The van der Waals surface area contributed by atoms with Crippen molar-refractivity contribution < 1.29 is 9.59 Å². The molecule has 0 saturated carbocycles. The van der Waals surface area contributed by atoms with Gasteiger partial charge in [0.05, 0.1) is 0 Å². The number of primary amides is 1. The van der Waals surface area contributed by atoms with Crippen molar-refractivity contribution >= 4 is 17.6 Å². The van der Waals surface area contributed by atoms with Gasteiger partial charge in [0, 0.05) is 12.2 Å². The average Bonchev–Trinajstić information content (AvgIpc) is 2.73. The van der Waals surface area contributed by atoms with Crippen LogP contribution in [-0.4, -0.2) is 28.9 Å². The van der Waals surface area contributed by atoms with Gasteiger partial charge in [-0.25, -0.2) is 4.79 Å². The van der Waals surface area contributed by atoms with Gasteiger partial charge in [-0.3, -0.25) is 4.79 Å². The maximum Gasteiger partial charge on any atom is 0.322 e. The van der Waals surface area contributed by atoms with Crippen LogP contribution < -0.4 is 11.1 Å². The highest BCUT2D eigenvalue weighted by atomic mass is 16.2. The van der Waals surface area contributed by atoms with Crippen LogP contribution in [0.2, 0.25) is 0 Å². The first-order valence-corrected chi connectivity index (χ1v) is 6.39. The van der Waals surface area contributed by atoms with E-state index in [0.717, 1.165) is 17.7 Å². The van der Waals surface area contributed by atoms with Gasteiger partial charge in [-0.2, -0.15) is 0 Å². The molecule has 1 unspecified atom stereocenters. The molecule has 1 fully saturated rings. The number of anilines is 1. The number of nitrogens with zero attached hydrogens (tertiary/aromatic N) is 1. The van der Waals surface area contributed by atoms with Gasteiger partial charge >= 0.3 is 6.03 Å². The number of carbonyl (C=O) groups excluding carboxylic acids is 2. The first-order valence-electron chi connectivity index (χ1n) is 6.39. The topological polar surface area (TPSA) is 75.4 Å². The minimum atomic E-state index is -0.881. The van der Waals surface area contributed by atoms with Crippen molar-refractivity contribution in [3.8, 4) is 0 Å². The van der Waals surface area contributed by atoms with E-state index in [1.54, 1.807) is 6.92 Å². The normalized spacial score (nSPS) is 22.3. The van der Waals surface area contributed by atoms with Crippen LogP contribution in [0.4, 0.5) is 10.5 Å². The second-order valence-electron chi connectivity index (χ2n) is 5.19. The summed E-state index contributed by atoms with van der Waals surface area (Å²) in [6.45, 7) is 4.23. The third-order valence-electron chi connectivity index (χ3n) is 3.69. The number of benzene rings is 1. The first kappa shape index (κ1) is 13.4. The molecule has 1 heterocycles. The molecular weight excluding hydrogens is 242 g/mol. The highest BCUT2D eigenvalue weighted by Gasteiger charge is 2.44. The summed E-state index contributed by atoms with van der Waals surface area (Å²) in [7, 11) is 0. The Balaban J connectivity index is 2.14. The van der Waals surface area contributed by atoms with E-state index in [1.807, 2.05) is 31.2 Å². The highest BCUT2D eigenvalue weighted by Crippen LogP contribution is 2.29. The van der Waals surface area contributed by atoms with Crippen LogP contribution in [0.5, 0.6) is 0 Å². The van der Waals surface area contributed by atoms with E-state index in [9.17, 15) is 9.59 Å². The van der Waals surface area contributed by atoms with E-state index in [2.05, 4.69) is 5.32 Å². The minimum Gasteiger partial charge on any atom is -0.368 e. The Morgan fingerprint density at radius 2 is 2.16 bits per heavy atom. The minimum absolute atomic E-state index is 0.274. The van der Waals surface area contributed by atoms with Crippen molar-refractivity contribution in [3.05, 3.63) is 29.8 Å². The van der Waals surface area contributed by atoms with Crippen LogP contribution in [0.1, 0.15) is 25.3 Å². The zero-order valence-electron chi connectivity index (χ0n) is 11.3. The lowest BCUT2D eigenvalue weighted by molar-refractivity contribution is -0.126. The molecular formula is C14H19N3O2. The number of rotatable bonds is 2. The molecule has 102 valence electrons. The monoisotopic (exact) mass is 261 g/mol. The van der Waals surface area contributed by atoms with Gasteiger partial charge in [-0.05, 0) is 44.4 Å². The van der Waals surface area contributed by atoms with Gasteiger partial charge in [0.25, 0.3) is 0 Å². The number of hydrogen-bond donors (Lipinski definition) is 2. The van der Waals surface area contributed by atoms with E-state index in [-0.39, 0.29) is 6.03 Å². The lowest BCUT2D eigenvalue weighted by atomic mass is 9.98. The van der Waals surface area contributed by atoms with Crippen molar-refractivity contribution in [1.29, 1.82) is 0 Å². The second kappa shape index (κ2) is 4.91. The Kier molecular flexibility index (Phi) is 3.46. The lowest BCUT2D eigenvalue weighted by Gasteiger charge is -2.32. The highest BCUT2D eigenvalue weighted by molar-refractivity contribution is 5.95. The largest absolute Gasteiger partial charge is 0.368 e. The molecule has 3 N–H and O–H groups in total. The van der Waals surface area contributed by atoms with Crippen LogP contribution in [0.25, 0.3) is 0 Å². The Hall–Kier alpha value is -2.04. The molecule has 19 heavy (non-hydrogen) atoms. The van der Waals surface area contributed by atoms with E-state index < -0.39 is 11.4 Å². The summed E-state index contributed by atoms with van der Waals surface area (Å²) >= 11 is 0. The van der Waals surface area contributed by atoms with Crippen molar-refractivity contribution in [2.75, 3.05) is 11.9 Å². The summed E-state index contributed by atoms with van der Waals surface area (Å²) in [5.74, 6) is -0.454. The van der Waals surface area contributed by atoms with Crippen LogP contribution >= 0.6 is 0 Å². The molecule has 5 heteroatoms. The third-order valence-corrected chi connectivity index (χ3v) is 3.69. The molecule has 1 aromatic carbocycles. The Morgan fingerprint density at radius 1 is 1.42 bits per heavy atom. The average molecular weight is 261 g/mol. The standard InChI is InChI=1S/C14H19N3O2/c1-10-5-3-6-11(9-10)16-13(19)17-8-4-7-14(17,2)12(15)18/h3,5-6,9H,4,7-8H2,1-2H3,(H2,15,18)(H,16,19). The number of carbonyl (C=O) groups is 2. The van der Waals surface area contributed by atoms with Gasteiger partial charge < -0.3 is 16.0 Å². The number of nitrogens with two attached hydrogens (primary N) is 1. The number of likely N-dealkylation sites (tertiary alicyclic amines) is 1. The number of hydrogen-bond acceptors (Lipinski definition) is 2. The van der Waals surface area contributed by atoms with E-state index in [1.165, 1.54) is 4.90 Å². The van der Waals surface area contributed by atoms with Crippen LogP contribution in [0, 0.1) is 6.92 Å². The van der Waals surface area contributed by atoms with Crippen LogP contribution in [-0.2, 0) is 4.79 Å². The molecule has 1 saturated heterocycles. The van der Waals surface area contributed by atoms with Crippen LogP contribution in [0.15, 0.2) is 24.3 Å². The lowest BCUT2D eigenvalue weighted by Crippen LogP contribution is -2.55. The molecule has 0 aliphatic carbocycles. The van der Waals surface area contributed by atoms with Crippen LogP contribution in [0.3, 0.4) is 0 Å². The number of nitrogens with one attached hydrogen (secondary N) is 1. The van der Waals surface area contributed by atoms with Gasteiger partial charge in [0.15, 0.2) is 0 Å². The third kappa shape index (κ3) is 2.54. The zero-order chi connectivity index (χ0) is 14.0. The molecule has 3 amide bonds. The smallest absolute Gasteiger partial charge is 0.322 e. The molecule has 1 atom stereocenters. The SMILES string of the molecule is Cc1cccc(NC(=O)N2CCCC2(C)C(N)=O)c1. The second-order valence-corrected chi connectivity index (χ2v) is 5.19. The Labute approximate surface area is 112 Å².